The van der Waals surface area contributed by atoms with Crippen LogP contribution in [-0.4, -0.2) is 25.9 Å². The Morgan fingerprint density at radius 2 is 1.25 bits per heavy atom. The van der Waals surface area contributed by atoms with Crippen molar-refractivity contribution < 1.29 is 93.7 Å². The van der Waals surface area contributed by atoms with Gasteiger partial charge in [-0.05, 0) is 5.56 Å². The minimum absolute atomic E-state index is 0. The molecule has 0 amide bonds. The van der Waals surface area contributed by atoms with Crippen molar-refractivity contribution in [2.75, 3.05) is 0 Å². The van der Waals surface area contributed by atoms with Gasteiger partial charge in [-0.15, -0.1) is 8.67 Å². The van der Waals surface area contributed by atoms with Crippen LogP contribution in [-0.2, 0) is 29.5 Å². The largest absolute Gasteiger partial charge is 1.00 e. The molecule has 0 aliphatic rings. The molecule has 0 unspecified atom stereocenters. The molecule has 1 aromatic rings. The van der Waals surface area contributed by atoms with Crippen molar-refractivity contribution in [2.45, 2.75) is 0 Å². The summed E-state index contributed by atoms with van der Waals surface area (Å²) >= 11 is 0. The molecule has 1 aromatic carbocycles. The van der Waals surface area contributed by atoms with Gasteiger partial charge >= 0.3 is 59.1 Å². The molecule has 0 aliphatic carbocycles. The molecule has 0 spiro atoms. The second kappa shape index (κ2) is 12.3. The Balaban J connectivity index is -0.000000266. The third-order valence-electron chi connectivity index (χ3n) is 1.23. The van der Waals surface area contributed by atoms with Crippen molar-refractivity contribution in [3.05, 3.63) is 42.5 Å². The van der Waals surface area contributed by atoms with Crippen LogP contribution < -0.4 is 59.1 Å². The molecule has 0 radical (unpaired) electrons. The normalized spacial score (nSPS) is 10.1. The van der Waals surface area contributed by atoms with E-state index in [9.17, 15) is 25.9 Å². The number of benzene rings is 1. The first-order chi connectivity index (χ1) is 8.14. The predicted octanol–water partition coefficient (Wildman–Crippen LogP) is -5.81. The SMILES string of the molecule is C=Cc1ccccc1.O=S(=O)([O-])OOS(=O)(=O)[O-].[Na+].[Na+]. The summed E-state index contributed by atoms with van der Waals surface area (Å²) in [7, 11) is -10.6. The molecule has 8 nitrogen and oxygen atoms in total. The van der Waals surface area contributed by atoms with Crippen LogP contribution in [0.4, 0.5) is 0 Å². The van der Waals surface area contributed by atoms with Gasteiger partial charge in [-0.2, -0.15) is 0 Å². The standard InChI is InChI=1S/C8H8.2Na.H2O8S2/c1-2-8-6-4-3-5-7-8;;;1-9(2,3)7-8-10(4,5)6/h2-7H,1H2;;;(H,1,2,3)(H,4,5,6)/q;2*+1;/p-2. The Labute approximate surface area is 161 Å². The fraction of sp³-hybridized carbons (Fsp3) is 0. The molecule has 20 heavy (non-hydrogen) atoms. The predicted molar refractivity (Wildman–Crippen MR) is 58.1 cm³/mol. The smallest absolute Gasteiger partial charge is 0.724 e. The summed E-state index contributed by atoms with van der Waals surface area (Å²) in [6, 6.07) is 10.0. The first-order valence-corrected chi connectivity index (χ1v) is 6.77. The average Bonchev–Trinajstić information content (AvgIpc) is 2.27. The molecular formula is C8H8Na2O8S2. The Kier molecular flexibility index (Phi) is 15.7. The molecule has 0 bridgehead atoms. The van der Waals surface area contributed by atoms with E-state index in [0.717, 1.165) is 0 Å². The van der Waals surface area contributed by atoms with Gasteiger partial charge in [0.05, 0.1) is 0 Å². The monoisotopic (exact) mass is 342 g/mol. The molecule has 0 saturated heterocycles. The van der Waals surface area contributed by atoms with Gasteiger partial charge in [0, 0.05) is 0 Å². The third-order valence-corrected chi connectivity index (χ3v) is 1.79. The zero-order valence-electron chi connectivity index (χ0n) is 10.8. The fourth-order valence-electron chi connectivity index (χ4n) is 0.657. The van der Waals surface area contributed by atoms with Gasteiger partial charge in [0.2, 0.25) is 20.8 Å². The minimum atomic E-state index is -5.31. The Hall–Kier alpha value is 0.700. The van der Waals surface area contributed by atoms with Crippen LogP contribution in [0.25, 0.3) is 6.08 Å². The zero-order valence-corrected chi connectivity index (χ0v) is 16.4. The van der Waals surface area contributed by atoms with Gasteiger partial charge in [-0.25, -0.2) is 16.8 Å². The molecule has 12 heteroatoms. The minimum Gasteiger partial charge on any atom is -0.724 e. The molecule has 1 rings (SSSR count). The van der Waals surface area contributed by atoms with E-state index in [4.69, 9.17) is 0 Å². The van der Waals surface area contributed by atoms with E-state index in [2.05, 4.69) is 15.2 Å². The summed E-state index contributed by atoms with van der Waals surface area (Å²) < 4.78 is 61.5. The van der Waals surface area contributed by atoms with Gasteiger partial charge in [-0.3, -0.25) is 0 Å². The second-order valence-electron chi connectivity index (χ2n) is 2.57. The number of rotatable bonds is 4. The van der Waals surface area contributed by atoms with Crippen molar-refractivity contribution in [1.29, 1.82) is 0 Å². The van der Waals surface area contributed by atoms with Crippen LogP contribution in [0.5, 0.6) is 0 Å². The molecule has 102 valence electrons. The van der Waals surface area contributed by atoms with E-state index in [1.165, 1.54) is 5.56 Å². The maximum absolute atomic E-state index is 9.37. The van der Waals surface area contributed by atoms with Gasteiger partial charge in [-0.1, -0.05) is 43.0 Å². The Morgan fingerprint density at radius 3 is 1.45 bits per heavy atom. The molecule has 0 atom stereocenters. The van der Waals surface area contributed by atoms with E-state index in [1.807, 2.05) is 36.4 Å². The van der Waals surface area contributed by atoms with E-state index in [-0.39, 0.29) is 59.1 Å². The van der Waals surface area contributed by atoms with Gasteiger partial charge in [0.1, 0.15) is 0 Å². The summed E-state index contributed by atoms with van der Waals surface area (Å²) in [5, 5.41) is 0. The van der Waals surface area contributed by atoms with Crippen LogP contribution in [0.2, 0.25) is 0 Å². The molecule has 0 aromatic heterocycles. The Bertz CT molecular complexity index is 538. The van der Waals surface area contributed by atoms with Crippen LogP contribution in [0, 0.1) is 0 Å². The van der Waals surface area contributed by atoms with E-state index in [0.29, 0.717) is 0 Å². The van der Waals surface area contributed by atoms with Gasteiger partial charge in [0.15, 0.2) is 0 Å². The maximum Gasteiger partial charge on any atom is 1.00 e. The van der Waals surface area contributed by atoms with E-state index >= 15 is 0 Å². The second-order valence-corrected chi connectivity index (χ2v) is 4.47. The number of hydrogen-bond acceptors (Lipinski definition) is 8. The van der Waals surface area contributed by atoms with Crippen molar-refractivity contribution in [3.63, 3.8) is 0 Å². The number of hydrogen-bond donors (Lipinski definition) is 0. The zero-order chi connectivity index (χ0) is 14.2. The van der Waals surface area contributed by atoms with Crippen molar-refractivity contribution in [3.8, 4) is 0 Å². The maximum atomic E-state index is 9.37. The Morgan fingerprint density at radius 1 is 0.900 bits per heavy atom. The van der Waals surface area contributed by atoms with Crippen LogP contribution in [0.1, 0.15) is 5.56 Å². The molecular weight excluding hydrogens is 334 g/mol. The third kappa shape index (κ3) is 18.7. The molecule has 0 heterocycles. The summed E-state index contributed by atoms with van der Waals surface area (Å²) in [4.78, 5) is 0. The molecule has 0 saturated carbocycles. The summed E-state index contributed by atoms with van der Waals surface area (Å²) in [5.41, 5.74) is 1.17. The fourth-order valence-corrected chi connectivity index (χ4v) is 1.20. The average molecular weight is 342 g/mol. The van der Waals surface area contributed by atoms with E-state index < -0.39 is 20.8 Å². The topological polar surface area (TPSA) is 133 Å². The summed E-state index contributed by atoms with van der Waals surface area (Å²) in [5.74, 6) is 0. The van der Waals surface area contributed by atoms with Crippen molar-refractivity contribution in [1.82, 2.24) is 0 Å². The van der Waals surface area contributed by atoms with Crippen molar-refractivity contribution in [2.24, 2.45) is 0 Å². The summed E-state index contributed by atoms with van der Waals surface area (Å²) in [6.45, 7) is 3.63. The molecule has 0 aliphatic heterocycles. The first kappa shape index (κ1) is 25.6. The van der Waals surface area contributed by atoms with Gasteiger partial charge in [0.25, 0.3) is 0 Å². The van der Waals surface area contributed by atoms with Crippen molar-refractivity contribution >= 4 is 26.9 Å². The van der Waals surface area contributed by atoms with E-state index in [1.54, 1.807) is 0 Å². The first-order valence-electron chi connectivity index (χ1n) is 4.11. The molecule has 0 N–H and O–H groups in total. The van der Waals surface area contributed by atoms with Crippen LogP contribution in [0.15, 0.2) is 36.9 Å². The summed E-state index contributed by atoms with van der Waals surface area (Å²) in [6.07, 6.45) is 1.83. The molecule has 0 fully saturated rings. The van der Waals surface area contributed by atoms with Gasteiger partial charge < -0.3 is 9.11 Å². The van der Waals surface area contributed by atoms with Crippen LogP contribution >= 0.6 is 0 Å². The quantitative estimate of drug-likeness (QED) is 0.174. The van der Waals surface area contributed by atoms with Crippen LogP contribution in [0.3, 0.4) is 0 Å².